The van der Waals surface area contributed by atoms with Gasteiger partial charge >= 0.3 is 11.4 Å². The third-order valence-electron chi connectivity index (χ3n) is 1.71. The quantitative estimate of drug-likeness (QED) is 0.441. The van der Waals surface area contributed by atoms with E-state index in [4.69, 9.17) is 5.11 Å². The highest BCUT2D eigenvalue weighted by Crippen LogP contribution is 2.59. The van der Waals surface area contributed by atoms with Crippen LogP contribution < -0.4 is 4.74 Å². The molecule has 0 radical (unpaired) electrons. The van der Waals surface area contributed by atoms with Gasteiger partial charge in [0.2, 0.25) is 5.75 Å². The lowest BCUT2D eigenvalue weighted by Crippen LogP contribution is -1.95. The predicted octanol–water partition coefficient (Wildman–Crippen LogP) is 1.31. The van der Waals surface area contributed by atoms with Gasteiger partial charge in [0, 0.05) is 6.07 Å². The van der Waals surface area contributed by atoms with Gasteiger partial charge in [-0.1, -0.05) is 0 Å². The summed E-state index contributed by atoms with van der Waals surface area (Å²) in [6, 6.07) is 0.973. The van der Waals surface area contributed by atoms with E-state index in [1.807, 2.05) is 0 Å². The van der Waals surface area contributed by atoms with Gasteiger partial charge in [-0.15, -0.1) is 0 Å². The van der Waals surface area contributed by atoms with Crippen LogP contribution in [0.15, 0.2) is 6.07 Å². The number of ether oxygens (including phenoxy) is 1. The molecule has 1 aromatic rings. The number of phenolic OH excluding ortho intramolecular Hbond substituents is 1. The number of nitrogens with zero attached hydrogens (tertiary/aromatic N) is 2. The smallest absolute Gasteiger partial charge is 0.395 e. The number of fused-ring (bicyclic) bond motifs is 1. The third-order valence-corrected chi connectivity index (χ3v) is 1.71. The van der Waals surface area contributed by atoms with Gasteiger partial charge in [0.15, 0.2) is 5.75 Å². The van der Waals surface area contributed by atoms with Crippen molar-refractivity contribution in [2.45, 2.75) is 0 Å². The van der Waals surface area contributed by atoms with Crippen LogP contribution in [-0.2, 0) is 0 Å². The van der Waals surface area contributed by atoms with Crippen molar-refractivity contribution in [3.63, 3.8) is 0 Å². The van der Waals surface area contributed by atoms with Crippen LogP contribution in [0.25, 0.3) is 0 Å². The molecule has 0 spiro atoms. The summed E-state index contributed by atoms with van der Waals surface area (Å²) >= 11 is 0. The Balaban J connectivity index is 2.74. The molecule has 0 atom stereocenters. The van der Waals surface area contributed by atoms with Crippen molar-refractivity contribution in [1.29, 1.82) is 0 Å². The molecule has 1 heterocycles. The molecular weight excluding hydrogens is 196 g/mol. The monoisotopic (exact) mass is 198 g/mol. The van der Waals surface area contributed by atoms with Crippen LogP contribution >= 0.6 is 0 Å². The summed E-state index contributed by atoms with van der Waals surface area (Å²) in [5, 5.41) is 29.9. The van der Waals surface area contributed by atoms with Crippen molar-refractivity contribution >= 4 is 11.4 Å². The number of hydrogen-bond donors (Lipinski definition) is 1. The van der Waals surface area contributed by atoms with Crippen molar-refractivity contribution in [3.05, 3.63) is 26.3 Å². The fraction of sp³-hybridized carbons (Fsp3) is 0. The average molecular weight is 198 g/mol. The zero-order valence-corrected chi connectivity index (χ0v) is 6.46. The van der Waals surface area contributed by atoms with Crippen LogP contribution in [0.5, 0.6) is 17.2 Å². The summed E-state index contributed by atoms with van der Waals surface area (Å²) in [7, 11) is 0. The van der Waals surface area contributed by atoms with Gasteiger partial charge in [-0.3, -0.25) is 20.2 Å². The number of phenols is 1. The second-order valence-electron chi connectivity index (χ2n) is 2.54. The molecule has 14 heavy (non-hydrogen) atoms. The fourth-order valence-electron chi connectivity index (χ4n) is 1.12. The molecule has 1 N–H and O–H groups in total. The minimum atomic E-state index is -1.02. The van der Waals surface area contributed by atoms with E-state index < -0.39 is 27.0 Å². The molecule has 72 valence electrons. The first kappa shape index (κ1) is 8.23. The molecular formula is C6H2N2O6. The number of rotatable bonds is 2. The van der Waals surface area contributed by atoms with Gasteiger partial charge in [0.1, 0.15) is 0 Å². The van der Waals surface area contributed by atoms with E-state index in [9.17, 15) is 20.2 Å². The average Bonchev–Trinajstić information content (AvgIpc) is 2.78. The van der Waals surface area contributed by atoms with Gasteiger partial charge in [-0.05, 0) is 0 Å². The van der Waals surface area contributed by atoms with Crippen LogP contribution in [0.1, 0.15) is 0 Å². The second kappa shape index (κ2) is 2.31. The standard InChI is InChI=1S/C6H2N2O6/c9-2-1-3-6(14-3)5(8(12)13)4(2)7(10)11/h1,9H. The minimum absolute atomic E-state index is 0.0970. The summed E-state index contributed by atoms with van der Waals surface area (Å²) in [6.07, 6.45) is 0. The van der Waals surface area contributed by atoms with E-state index in [2.05, 4.69) is 4.74 Å². The van der Waals surface area contributed by atoms with Crippen LogP contribution in [-0.4, -0.2) is 15.0 Å². The molecule has 1 aliphatic rings. The maximum absolute atomic E-state index is 10.4. The number of nitro groups is 2. The second-order valence-corrected chi connectivity index (χ2v) is 2.54. The van der Waals surface area contributed by atoms with Crippen molar-refractivity contribution in [3.8, 4) is 17.2 Å². The molecule has 0 unspecified atom stereocenters. The van der Waals surface area contributed by atoms with Crippen molar-refractivity contribution < 1.29 is 19.7 Å². The number of aromatic hydroxyl groups is 1. The highest BCUT2D eigenvalue weighted by molar-refractivity contribution is 5.79. The van der Waals surface area contributed by atoms with Gasteiger partial charge in [-0.2, -0.15) is 0 Å². The summed E-state index contributed by atoms with van der Waals surface area (Å²) < 4.78 is 4.60. The van der Waals surface area contributed by atoms with Gasteiger partial charge in [0.05, 0.1) is 9.85 Å². The first-order chi connectivity index (χ1) is 6.52. The Bertz CT molecular complexity index is 453. The zero-order valence-electron chi connectivity index (χ0n) is 6.46. The van der Waals surface area contributed by atoms with Crippen molar-refractivity contribution in [2.75, 3.05) is 0 Å². The Hall–Kier alpha value is -2.38. The van der Waals surface area contributed by atoms with E-state index in [0.717, 1.165) is 6.07 Å². The summed E-state index contributed by atoms with van der Waals surface area (Å²) in [4.78, 5) is 18.9. The highest BCUT2D eigenvalue weighted by Gasteiger charge is 2.44. The Labute approximate surface area is 75.6 Å². The SMILES string of the molecule is O=[N+]([O-])c1c(O)cc2c(c1[N+](=O)[O-])O2. The molecule has 0 aromatic heterocycles. The van der Waals surface area contributed by atoms with E-state index in [-0.39, 0.29) is 11.5 Å². The van der Waals surface area contributed by atoms with E-state index in [0.29, 0.717) is 0 Å². The predicted molar refractivity (Wildman–Crippen MR) is 41.5 cm³/mol. The molecule has 0 saturated carbocycles. The normalized spacial score (nSPS) is 11.4. The summed E-state index contributed by atoms with van der Waals surface area (Å²) in [5.74, 6) is -0.822. The maximum Gasteiger partial charge on any atom is 0.395 e. The van der Waals surface area contributed by atoms with Crippen molar-refractivity contribution in [1.82, 2.24) is 0 Å². The molecule has 0 saturated heterocycles. The third kappa shape index (κ3) is 0.937. The van der Waals surface area contributed by atoms with Gasteiger partial charge in [0.25, 0.3) is 5.75 Å². The first-order valence-electron chi connectivity index (χ1n) is 3.39. The molecule has 1 aliphatic heterocycles. The Morgan fingerprint density at radius 2 is 1.79 bits per heavy atom. The van der Waals surface area contributed by atoms with Crippen LogP contribution in [0.2, 0.25) is 0 Å². The van der Waals surface area contributed by atoms with Gasteiger partial charge in [-0.25, -0.2) is 0 Å². The summed E-state index contributed by atoms with van der Waals surface area (Å²) in [6.45, 7) is 0. The number of benzene rings is 1. The maximum atomic E-state index is 10.4. The fourth-order valence-corrected chi connectivity index (χ4v) is 1.12. The number of nitro benzene ring substituents is 2. The molecule has 0 bridgehead atoms. The Morgan fingerprint density at radius 1 is 1.21 bits per heavy atom. The molecule has 0 amide bonds. The topological polar surface area (TPSA) is 119 Å². The van der Waals surface area contributed by atoms with Crippen LogP contribution in [0.4, 0.5) is 11.4 Å². The lowest BCUT2D eigenvalue weighted by Gasteiger charge is -1.92. The molecule has 0 fully saturated rings. The largest absolute Gasteiger partial charge is 0.502 e. The number of hydrogen-bond acceptors (Lipinski definition) is 6. The first-order valence-corrected chi connectivity index (χ1v) is 3.39. The molecule has 8 heteroatoms. The molecule has 2 rings (SSSR count). The lowest BCUT2D eigenvalue weighted by atomic mass is 10.2. The minimum Gasteiger partial charge on any atom is -0.502 e. The molecule has 0 aliphatic carbocycles. The molecule has 1 aromatic carbocycles. The lowest BCUT2D eigenvalue weighted by molar-refractivity contribution is -0.422. The van der Waals surface area contributed by atoms with Gasteiger partial charge < -0.3 is 9.84 Å². The van der Waals surface area contributed by atoms with Crippen LogP contribution in [0, 0.1) is 20.2 Å². The van der Waals surface area contributed by atoms with E-state index in [1.54, 1.807) is 0 Å². The Kier molecular flexibility index (Phi) is 1.36. The van der Waals surface area contributed by atoms with Crippen LogP contribution in [0.3, 0.4) is 0 Å². The molecule has 8 nitrogen and oxygen atoms in total. The Morgan fingerprint density at radius 3 is 2.29 bits per heavy atom. The summed E-state index contributed by atoms with van der Waals surface area (Å²) in [5.41, 5.74) is -1.74. The van der Waals surface area contributed by atoms with E-state index >= 15 is 0 Å². The van der Waals surface area contributed by atoms with Crippen molar-refractivity contribution in [2.24, 2.45) is 0 Å². The van der Waals surface area contributed by atoms with E-state index in [1.165, 1.54) is 0 Å². The zero-order chi connectivity index (χ0) is 10.5. The highest BCUT2D eigenvalue weighted by atomic mass is 16.6.